The molecule has 0 spiro atoms. The van der Waals surface area contributed by atoms with Gasteiger partial charge < -0.3 is 15.3 Å². The predicted octanol–water partition coefficient (Wildman–Crippen LogP) is 8.71. The number of carbonyl (C=O) groups excluding carboxylic acids is 2. The lowest BCUT2D eigenvalue weighted by molar-refractivity contribution is -0.156. The summed E-state index contributed by atoms with van der Waals surface area (Å²) in [4.78, 5) is 39.1. The van der Waals surface area contributed by atoms with Crippen LogP contribution in [0.25, 0.3) is 6.08 Å². The lowest BCUT2D eigenvalue weighted by Gasteiger charge is -2.34. The van der Waals surface area contributed by atoms with Gasteiger partial charge in [-0.05, 0) is 75.6 Å². The summed E-state index contributed by atoms with van der Waals surface area (Å²) in [5, 5.41) is 12.7. The van der Waals surface area contributed by atoms with E-state index in [1.807, 2.05) is 48.5 Å². The lowest BCUT2D eigenvalue weighted by atomic mass is 9.76. The van der Waals surface area contributed by atoms with Crippen LogP contribution in [0.15, 0.2) is 78.9 Å². The minimum absolute atomic E-state index is 0.0146. The summed E-state index contributed by atoms with van der Waals surface area (Å²) in [6.07, 6.45) is 8.95. The zero-order valence-electron chi connectivity index (χ0n) is 28.3. The smallest absolute Gasteiger partial charge is 0.394 e. The van der Waals surface area contributed by atoms with Gasteiger partial charge in [0.1, 0.15) is 0 Å². The Balaban J connectivity index is 1.52. The van der Waals surface area contributed by atoms with Gasteiger partial charge in [0.2, 0.25) is 5.91 Å². The van der Waals surface area contributed by atoms with E-state index in [-0.39, 0.29) is 29.2 Å². The standard InChI is InChI=1S/C40H50N2O4/c1-39(2,3)32-23-33(40(4,5)6)25-34(24-32)41-36(43)22-19-28-17-20-31(21-18-28)35(30-15-11-8-12-16-30)27-42(37(44)38(45)46)26-29-13-9-7-10-14-29/h7,9-10,13-14,17-25,30,35H,8,11-12,15-16,26-27H2,1-6H3,(H,41,43)(H,45,46). The molecule has 1 aliphatic carbocycles. The van der Waals surface area contributed by atoms with Crippen LogP contribution < -0.4 is 5.32 Å². The molecule has 0 aliphatic heterocycles. The number of hydrogen-bond donors (Lipinski definition) is 2. The Morgan fingerprint density at radius 2 is 1.43 bits per heavy atom. The highest BCUT2D eigenvalue weighted by Gasteiger charge is 2.31. The van der Waals surface area contributed by atoms with Crippen molar-refractivity contribution in [2.75, 3.05) is 11.9 Å². The molecule has 0 radical (unpaired) electrons. The van der Waals surface area contributed by atoms with Crippen LogP contribution in [0.5, 0.6) is 0 Å². The van der Waals surface area contributed by atoms with Crippen molar-refractivity contribution in [3.8, 4) is 0 Å². The first-order chi connectivity index (χ1) is 21.7. The van der Waals surface area contributed by atoms with E-state index in [0.717, 1.165) is 48.1 Å². The molecule has 244 valence electrons. The maximum Gasteiger partial charge on any atom is 0.394 e. The van der Waals surface area contributed by atoms with E-state index in [9.17, 15) is 19.5 Å². The number of amides is 2. The molecule has 2 amide bonds. The van der Waals surface area contributed by atoms with Crippen molar-refractivity contribution in [1.82, 2.24) is 4.90 Å². The molecular formula is C40H50N2O4. The van der Waals surface area contributed by atoms with Crippen LogP contribution >= 0.6 is 0 Å². The van der Waals surface area contributed by atoms with Crippen molar-refractivity contribution < 1.29 is 19.5 Å². The Hall–Kier alpha value is -4.19. The van der Waals surface area contributed by atoms with E-state index in [2.05, 4.69) is 77.2 Å². The second-order valence-corrected chi connectivity index (χ2v) is 14.8. The van der Waals surface area contributed by atoms with Crippen LogP contribution in [-0.2, 0) is 31.8 Å². The Morgan fingerprint density at radius 1 is 0.848 bits per heavy atom. The SMILES string of the molecule is CC(C)(C)c1cc(NC(=O)C=Cc2ccc(C(CN(Cc3ccccc3)C(=O)C(=O)O)C3CCCCC3)cc2)cc(C(C)(C)C)c1. The maximum absolute atomic E-state index is 13.0. The van der Waals surface area contributed by atoms with Gasteiger partial charge in [0, 0.05) is 30.8 Å². The van der Waals surface area contributed by atoms with E-state index >= 15 is 0 Å². The molecule has 3 aromatic carbocycles. The largest absolute Gasteiger partial charge is 0.474 e. The van der Waals surface area contributed by atoms with Crippen LogP contribution in [-0.4, -0.2) is 34.3 Å². The predicted molar refractivity (Wildman–Crippen MR) is 187 cm³/mol. The van der Waals surface area contributed by atoms with Gasteiger partial charge in [-0.2, -0.15) is 0 Å². The number of rotatable bonds is 9. The van der Waals surface area contributed by atoms with Gasteiger partial charge in [-0.1, -0.05) is 121 Å². The molecular weight excluding hydrogens is 572 g/mol. The van der Waals surface area contributed by atoms with E-state index in [1.165, 1.54) is 22.4 Å². The van der Waals surface area contributed by atoms with Crippen LogP contribution in [0.4, 0.5) is 5.69 Å². The zero-order chi connectivity index (χ0) is 33.5. The molecule has 6 heteroatoms. The molecule has 0 heterocycles. The average molecular weight is 623 g/mol. The summed E-state index contributed by atoms with van der Waals surface area (Å²) in [6.45, 7) is 13.6. The first kappa shape index (κ1) is 34.7. The van der Waals surface area contributed by atoms with E-state index < -0.39 is 11.9 Å². The number of carbonyl (C=O) groups is 3. The third-order valence-electron chi connectivity index (χ3n) is 9.05. The molecule has 2 N–H and O–H groups in total. The van der Waals surface area contributed by atoms with E-state index in [1.54, 1.807) is 6.08 Å². The number of aliphatic carboxylic acids is 1. The summed E-state index contributed by atoms with van der Waals surface area (Å²) >= 11 is 0. The summed E-state index contributed by atoms with van der Waals surface area (Å²) in [7, 11) is 0. The van der Waals surface area contributed by atoms with Crippen molar-refractivity contribution in [2.45, 2.75) is 96.9 Å². The van der Waals surface area contributed by atoms with Crippen molar-refractivity contribution in [2.24, 2.45) is 5.92 Å². The summed E-state index contributed by atoms with van der Waals surface area (Å²) in [6, 6.07) is 24.0. The van der Waals surface area contributed by atoms with Gasteiger partial charge in [-0.15, -0.1) is 0 Å². The third-order valence-corrected chi connectivity index (χ3v) is 9.05. The molecule has 4 rings (SSSR count). The van der Waals surface area contributed by atoms with Gasteiger partial charge in [0.25, 0.3) is 0 Å². The first-order valence-corrected chi connectivity index (χ1v) is 16.5. The fraction of sp³-hybridized carbons (Fsp3) is 0.425. The van der Waals surface area contributed by atoms with Crippen LogP contribution in [0.1, 0.15) is 107 Å². The summed E-state index contributed by atoms with van der Waals surface area (Å²) in [5.41, 5.74) is 5.91. The third kappa shape index (κ3) is 9.65. The highest BCUT2D eigenvalue weighted by Crippen LogP contribution is 2.37. The number of nitrogens with zero attached hydrogens (tertiary/aromatic N) is 1. The quantitative estimate of drug-likeness (QED) is 0.185. The van der Waals surface area contributed by atoms with Gasteiger partial charge >= 0.3 is 11.9 Å². The Labute approximate surface area is 274 Å². The average Bonchev–Trinajstić information content (AvgIpc) is 3.02. The monoisotopic (exact) mass is 622 g/mol. The van der Waals surface area contributed by atoms with Gasteiger partial charge in [0.15, 0.2) is 0 Å². The van der Waals surface area contributed by atoms with Crippen molar-refractivity contribution in [3.63, 3.8) is 0 Å². The Kier molecular flexibility index (Phi) is 11.3. The molecule has 46 heavy (non-hydrogen) atoms. The lowest BCUT2D eigenvalue weighted by Crippen LogP contribution is -2.40. The van der Waals surface area contributed by atoms with Crippen molar-refractivity contribution in [3.05, 3.63) is 107 Å². The molecule has 6 nitrogen and oxygen atoms in total. The maximum atomic E-state index is 13.0. The van der Waals surface area contributed by atoms with E-state index in [0.29, 0.717) is 12.5 Å². The normalized spacial score (nSPS) is 15.0. The van der Waals surface area contributed by atoms with Crippen LogP contribution in [0.3, 0.4) is 0 Å². The molecule has 0 bridgehead atoms. The fourth-order valence-electron chi connectivity index (χ4n) is 6.23. The highest BCUT2D eigenvalue weighted by atomic mass is 16.4. The topological polar surface area (TPSA) is 86.7 Å². The Morgan fingerprint density at radius 3 is 1.98 bits per heavy atom. The molecule has 0 saturated heterocycles. The number of carboxylic acid groups (broad SMARTS) is 1. The number of benzene rings is 3. The van der Waals surface area contributed by atoms with Crippen molar-refractivity contribution >= 4 is 29.5 Å². The highest BCUT2D eigenvalue weighted by molar-refractivity contribution is 6.31. The molecule has 1 aliphatic rings. The van der Waals surface area contributed by atoms with Crippen LogP contribution in [0, 0.1) is 5.92 Å². The fourth-order valence-corrected chi connectivity index (χ4v) is 6.23. The minimum atomic E-state index is -1.43. The number of hydrogen-bond acceptors (Lipinski definition) is 3. The number of nitrogens with one attached hydrogen (secondary N) is 1. The second-order valence-electron chi connectivity index (χ2n) is 14.8. The minimum Gasteiger partial charge on any atom is -0.474 e. The molecule has 0 aromatic heterocycles. The van der Waals surface area contributed by atoms with Gasteiger partial charge in [-0.25, -0.2) is 4.79 Å². The molecule has 3 aromatic rings. The molecule has 1 unspecified atom stereocenters. The molecule has 1 atom stereocenters. The van der Waals surface area contributed by atoms with Gasteiger partial charge in [-0.3, -0.25) is 9.59 Å². The van der Waals surface area contributed by atoms with Gasteiger partial charge in [0.05, 0.1) is 0 Å². The van der Waals surface area contributed by atoms with E-state index in [4.69, 9.17) is 0 Å². The molecule has 1 saturated carbocycles. The number of carboxylic acids is 1. The second kappa shape index (κ2) is 14.9. The number of anilines is 1. The summed E-state index contributed by atoms with van der Waals surface area (Å²) in [5.74, 6) is -2.13. The zero-order valence-corrected chi connectivity index (χ0v) is 28.3. The summed E-state index contributed by atoms with van der Waals surface area (Å²) < 4.78 is 0. The molecule has 1 fully saturated rings. The Bertz CT molecular complexity index is 1490. The first-order valence-electron chi connectivity index (χ1n) is 16.5. The van der Waals surface area contributed by atoms with Crippen molar-refractivity contribution in [1.29, 1.82) is 0 Å². The van der Waals surface area contributed by atoms with Crippen LogP contribution in [0.2, 0.25) is 0 Å².